The van der Waals surface area contributed by atoms with E-state index in [9.17, 15) is 9.59 Å². The van der Waals surface area contributed by atoms with Gasteiger partial charge in [-0.1, -0.05) is 29.0 Å². The van der Waals surface area contributed by atoms with Crippen LogP contribution in [-0.2, 0) is 4.74 Å². The van der Waals surface area contributed by atoms with E-state index >= 15 is 0 Å². The predicted molar refractivity (Wildman–Crippen MR) is 99.3 cm³/mol. The molecule has 0 radical (unpaired) electrons. The summed E-state index contributed by atoms with van der Waals surface area (Å²) in [6, 6.07) is 7.35. The molecule has 1 fully saturated rings. The van der Waals surface area contributed by atoms with Gasteiger partial charge in [-0.3, -0.25) is 9.59 Å². The van der Waals surface area contributed by atoms with Crippen LogP contribution in [0.5, 0.6) is 0 Å². The summed E-state index contributed by atoms with van der Waals surface area (Å²) in [5.41, 5.74) is 1.19. The molecule has 1 saturated heterocycles. The van der Waals surface area contributed by atoms with Crippen LogP contribution < -0.4 is 15.8 Å². The molecule has 1 aliphatic heterocycles. The Labute approximate surface area is 153 Å². The van der Waals surface area contributed by atoms with Gasteiger partial charge in [-0.25, -0.2) is 4.98 Å². The van der Waals surface area contributed by atoms with Crippen molar-refractivity contribution in [3.8, 4) is 0 Å². The maximum absolute atomic E-state index is 12.7. The molecular weight excluding hydrogens is 354 g/mol. The monoisotopic (exact) mass is 371 g/mol. The molecule has 1 aromatic carbocycles. The lowest BCUT2D eigenvalue weighted by Gasteiger charge is -2.25. The second-order valence-corrected chi connectivity index (χ2v) is 6.91. The second kappa shape index (κ2) is 6.85. The van der Waals surface area contributed by atoms with Gasteiger partial charge in [0.25, 0.3) is 11.5 Å². The molecule has 0 saturated carbocycles. The van der Waals surface area contributed by atoms with Crippen LogP contribution in [0.15, 0.2) is 35.3 Å². The van der Waals surface area contributed by atoms with Crippen molar-refractivity contribution in [2.24, 2.45) is 0 Å². The third-order valence-corrected chi connectivity index (χ3v) is 5.10. The van der Waals surface area contributed by atoms with E-state index in [2.05, 4.69) is 15.4 Å². The van der Waals surface area contributed by atoms with Crippen LogP contribution in [-0.4, -0.2) is 46.8 Å². The average Bonchev–Trinajstić information content (AvgIpc) is 3.10. The first-order valence-corrected chi connectivity index (χ1v) is 9.03. The number of hydrogen-bond acceptors (Lipinski definition) is 7. The summed E-state index contributed by atoms with van der Waals surface area (Å²) in [5, 5.41) is 7.77. The molecule has 26 heavy (non-hydrogen) atoms. The van der Waals surface area contributed by atoms with Crippen molar-refractivity contribution in [2.45, 2.75) is 6.92 Å². The van der Waals surface area contributed by atoms with Crippen LogP contribution in [0.2, 0.25) is 0 Å². The number of amides is 1. The lowest BCUT2D eigenvalue weighted by Crippen LogP contribution is -2.36. The Hall–Kier alpha value is -2.78. The number of fused-ring (bicyclic) bond motifs is 1. The fourth-order valence-electron chi connectivity index (χ4n) is 2.65. The number of morpholine rings is 1. The summed E-state index contributed by atoms with van der Waals surface area (Å²) < 4.78 is 6.53. The molecule has 0 aliphatic carbocycles. The zero-order valence-corrected chi connectivity index (χ0v) is 15.0. The summed E-state index contributed by atoms with van der Waals surface area (Å²) >= 11 is 1.32. The standard InChI is InChI=1S/C17H17N5O3S/c1-11-2-4-12(5-3-11)19-14(23)13-10-18-16-22(15(13)24)20-17(26-16)21-6-8-25-9-7-21/h2-5,10H,6-9H2,1H3,(H,19,23). The van der Waals surface area contributed by atoms with Gasteiger partial charge in [-0.15, -0.1) is 5.10 Å². The first-order chi connectivity index (χ1) is 12.6. The molecule has 0 bridgehead atoms. The second-order valence-electron chi connectivity index (χ2n) is 5.98. The van der Waals surface area contributed by atoms with Gasteiger partial charge in [0, 0.05) is 25.0 Å². The Kier molecular flexibility index (Phi) is 4.39. The van der Waals surface area contributed by atoms with E-state index in [0.717, 1.165) is 18.7 Å². The molecule has 1 amide bonds. The molecule has 0 spiro atoms. The number of carbonyl (C=O) groups is 1. The van der Waals surface area contributed by atoms with Crippen LogP contribution >= 0.6 is 11.3 Å². The van der Waals surface area contributed by atoms with E-state index in [1.54, 1.807) is 12.1 Å². The van der Waals surface area contributed by atoms with Crippen molar-refractivity contribution in [3.63, 3.8) is 0 Å². The minimum Gasteiger partial charge on any atom is -0.378 e. The highest BCUT2D eigenvalue weighted by atomic mass is 32.1. The molecule has 1 N–H and O–H groups in total. The highest BCUT2D eigenvalue weighted by Gasteiger charge is 2.20. The molecule has 134 valence electrons. The zero-order chi connectivity index (χ0) is 18.1. The minimum atomic E-state index is -0.498. The van der Waals surface area contributed by atoms with Crippen molar-refractivity contribution >= 4 is 33.0 Å². The van der Waals surface area contributed by atoms with Crippen molar-refractivity contribution < 1.29 is 9.53 Å². The molecule has 0 unspecified atom stereocenters. The lowest BCUT2D eigenvalue weighted by atomic mass is 10.2. The molecule has 1 aliphatic rings. The fraction of sp³-hybridized carbons (Fsp3) is 0.294. The molecule has 3 heterocycles. The summed E-state index contributed by atoms with van der Waals surface area (Å²) in [6.45, 7) is 4.65. The molecule has 3 aromatic rings. The van der Waals surface area contributed by atoms with E-state index < -0.39 is 11.5 Å². The predicted octanol–water partition coefficient (Wildman–Crippen LogP) is 1.55. The average molecular weight is 371 g/mol. The number of nitrogens with one attached hydrogen (secondary N) is 1. The summed E-state index contributed by atoms with van der Waals surface area (Å²) in [5.74, 6) is -0.498. The number of benzene rings is 1. The van der Waals surface area contributed by atoms with E-state index in [1.807, 2.05) is 24.0 Å². The highest BCUT2D eigenvalue weighted by Crippen LogP contribution is 2.22. The number of nitrogens with zero attached hydrogens (tertiary/aromatic N) is 4. The number of rotatable bonds is 3. The molecule has 8 nitrogen and oxygen atoms in total. The number of ether oxygens (including phenoxy) is 1. The van der Waals surface area contributed by atoms with Crippen LogP contribution in [0, 0.1) is 6.92 Å². The van der Waals surface area contributed by atoms with E-state index in [4.69, 9.17) is 4.74 Å². The van der Waals surface area contributed by atoms with Gasteiger partial charge in [0.15, 0.2) is 0 Å². The zero-order valence-electron chi connectivity index (χ0n) is 14.1. The molecule has 4 rings (SSSR count). The van der Waals surface area contributed by atoms with Gasteiger partial charge >= 0.3 is 0 Å². The van der Waals surface area contributed by atoms with Crippen LogP contribution in [0.1, 0.15) is 15.9 Å². The maximum Gasteiger partial charge on any atom is 0.288 e. The van der Waals surface area contributed by atoms with Gasteiger partial charge in [-0.2, -0.15) is 4.52 Å². The maximum atomic E-state index is 12.7. The summed E-state index contributed by atoms with van der Waals surface area (Å²) in [6.07, 6.45) is 1.31. The van der Waals surface area contributed by atoms with E-state index in [0.29, 0.717) is 29.0 Å². The normalized spacial score (nSPS) is 14.6. The fourth-order valence-corrected chi connectivity index (χ4v) is 3.56. The first-order valence-electron chi connectivity index (χ1n) is 8.21. The Morgan fingerprint density at radius 2 is 1.96 bits per heavy atom. The number of carbonyl (C=O) groups excluding carboxylic acids is 1. The van der Waals surface area contributed by atoms with E-state index in [-0.39, 0.29) is 5.56 Å². The minimum absolute atomic E-state index is 0.0399. The third-order valence-electron chi connectivity index (χ3n) is 4.11. The van der Waals surface area contributed by atoms with Gasteiger partial charge in [0.1, 0.15) is 5.56 Å². The number of aryl methyl sites for hydroxylation is 1. The lowest BCUT2D eigenvalue weighted by molar-refractivity contribution is 0.102. The van der Waals surface area contributed by atoms with Crippen LogP contribution in [0.4, 0.5) is 10.8 Å². The Balaban J connectivity index is 1.63. The SMILES string of the molecule is Cc1ccc(NC(=O)c2cnc3sc(N4CCOCC4)nn3c2=O)cc1. The Morgan fingerprint density at radius 3 is 2.69 bits per heavy atom. The number of aromatic nitrogens is 3. The van der Waals surface area contributed by atoms with Crippen LogP contribution in [0.3, 0.4) is 0 Å². The Morgan fingerprint density at radius 1 is 1.23 bits per heavy atom. The largest absolute Gasteiger partial charge is 0.378 e. The quantitative estimate of drug-likeness (QED) is 0.751. The smallest absolute Gasteiger partial charge is 0.288 e. The molecule has 9 heteroatoms. The number of hydrogen-bond donors (Lipinski definition) is 1. The number of anilines is 2. The highest BCUT2D eigenvalue weighted by molar-refractivity contribution is 7.20. The summed E-state index contributed by atoms with van der Waals surface area (Å²) in [7, 11) is 0. The van der Waals surface area contributed by atoms with Gasteiger partial charge in [-0.05, 0) is 19.1 Å². The van der Waals surface area contributed by atoms with Gasteiger partial charge in [0.05, 0.1) is 13.2 Å². The summed E-state index contributed by atoms with van der Waals surface area (Å²) in [4.78, 5) is 31.9. The van der Waals surface area contributed by atoms with Crippen molar-refractivity contribution in [2.75, 3.05) is 36.5 Å². The van der Waals surface area contributed by atoms with Gasteiger partial charge < -0.3 is 15.0 Å². The molecule has 2 aromatic heterocycles. The third kappa shape index (κ3) is 3.18. The van der Waals surface area contributed by atoms with E-state index in [1.165, 1.54) is 22.0 Å². The molecular formula is C17H17N5O3S. The Bertz CT molecular complexity index is 1010. The first kappa shape index (κ1) is 16.7. The molecule has 0 atom stereocenters. The van der Waals surface area contributed by atoms with Crippen LogP contribution in [0.25, 0.3) is 4.96 Å². The van der Waals surface area contributed by atoms with Crippen molar-refractivity contribution in [3.05, 3.63) is 51.9 Å². The van der Waals surface area contributed by atoms with Gasteiger partial charge in [0.2, 0.25) is 10.1 Å². The van der Waals surface area contributed by atoms with Crippen molar-refractivity contribution in [1.82, 2.24) is 14.6 Å². The topological polar surface area (TPSA) is 88.8 Å². The van der Waals surface area contributed by atoms with Crippen molar-refractivity contribution in [1.29, 1.82) is 0 Å².